The van der Waals surface area contributed by atoms with Crippen LogP contribution < -0.4 is 20.1 Å². The van der Waals surface area contributed by atoms with Crippen molar-refractivity contribution in [2.75, 3.05) is 47.1 Å². The fraction of sp³-hybridized carbons (Fsp3) is 0.486. The number of esters is 1. The van der Waals surface area contributed by atoms with Gasteiger partial charge in [-0.15, -0.1) is 0 Å². The molecule has 250 valence electrons. The summed E-state index contributed by atoms with van der Waals surface area (Å²) < 4.78 is 23.8. The molecular weight excluding hydrogens is 602 g/mol. The Morgan fingerprint density at radius 1 is 1.06 bits per heavy atom. The first-order chi connectivity index (χ1) is 23.0. The number of benzene rings is 2. The molecule has 0 spiro atoms. The Balaban J connectivity index is 1.18. The first-order valence-corrected chi connectivity index (χ1v) is 16.4. The van der Waals surface area contributed by atoms with E-state index in [9.17, 15) is 14.4 Å². The quantitative estimate of drug-likeness (QED) is 0.310. The van der Waals surface area contributed by atoms with Gasteiger partial charge in [0.25, 0.3) is 5.91 Å². The number of nitrogens with one attached hydrogen (secondary N) is 2. The van der Waals surface area contributed by atoms with Gasteiger partial charge < -0.3 is 39.0 Å². The number of piperazine rings is 1. The van der Waals surface area contributed by atoms with Crippen LogP contribution in [0.3, 0.4) is 0 Å². The van der Waals surface area contributed by atoms with Crippen molar-refractivity contribution in [2.24, 2.45) is 0 Å². The first kappa shape index (κ1) is 32.4. The molecule has 1 aromatic heterocycles. The minimum absolute atomic E-state index is 0.0308. The normalized spacial score (nSPS) is 22.1. The van der Waals surface area contributed by atoms with Crippen LogP contribution in [0.5, 0.6) is 11.5 Å². The van der Waals surface area contributed by atoms with E-state index in [1.165, 1.54) is 14.2 Å². The Morgan fingerprint density at radius 2 is 1.89 bits per heavy atom. The number of hydrogen-bond acceptors (Lipinski definition) is 9. The standard InChI is InChI=1S/C35H43N5O7/c1-44-31(41)18-24-21-47-30-19-26(12-13-27(24)30)46-17-14-25-20-36-15-16-39(25)34(42)32-33(23-8-4-3-5-9-23)40(22-37-32)29-11-7-6-10-28(29)38-35(43)45-2/h3-5,8-9,12-13,19,22,24-25,28-29,36H,6-7,10-11,14-18,20-21H2,1-2H3,(H,38,43)/t24?,25-,28+,29+/m1/s1. The minimum atomic E-state index is -0.458. The predicted molar refractivity (Wildman–Crippen MR) is 174 cm³/mol. The number of fused-ring (bicyclic) bond motifs is 1. The molecule has 3 aromatic rings. The number of imidazole rings is 1. The number of methoxy groups -OCH3 is 2. The van der Waals surface area contributed by atoms with Gasteiger partial charge in [-0.1, -0.05) is 49.2 Å². The summed E-state index contributed by atoms with van der Waals surface area (Å²) in [5.74, 6) is 0.987. The molecule has 12 heteroatoms. The van der Waals surface area contributed by atoms with Crippen molar-refractivity contribution < 1.29 is 33.3 Å². The van der Waals surface area contributed by atoms with Crippen molar-refractivity contribution in [1.29, 1.82) is 0 Å². The van der Waals surface area contributed by atoms with Crippen molar-refractivity contribution in [1.82, 2.24) is 25.1 Å². The van der Waals surface area contributed by atoms with Crippen LogP contribution in [0.4, 0.5) is 4.79 Å². The predicted octanol–water partition coefficient (Wildman–Crippen LogP) is 4.31. The lowest BCUT2D eigenvalue weighted by Gasteiger charge is -2.36. The molecule has 0 bridgehead atoms. The maximum absolute atomic E-state index is 14.3. The molecule has 1 saturated carbocycles. The number of amides is 2. The van der Waals surface area contributed by atoms with E-state index in [2.05, 4.69) is 15.2 Å². The highest BCUT2D eigenvalue weighted by Crippen LogP contribution is 2.39. The number of carbonyl (C=O) groups excluding carboxylic acids is 3. The second kappa shape index (κ2) is 14.9. The lowest BCUT2D eigenvalue weighted by Crippen LogP contribution is -2.54. The zero-order valence-electron chi connectivity index (χ0n) is 27.0. The van der Waals surface area contributed by atoms with Gasteiger partial charge in [-0.3, -0.25) is 9.59 Å². The van der Waals surface area contributed by atoms with E-state index in [0.29, 0.717) is 50.7 Å². The largest absolute Gasteiger partial charge is 0.493 e. The number of nitrogens with zero attached hydrogens (tertiary/aromatic N) is 3. The Morgan fingerprint density at radius 3 is 2.70 bits per heavy atom. The minimum Gasteiger partial charge on any atom is -0.493 e. The molecule has 1 saturated heterocycles. The monoisotopic (exact) mass is 645 g/mol. The molecule has 12 nitrogen and oxygen atoms in total. The highest BCUT2D eigenvalue weighted by Gasteiger charge is 2.35. The number of alkyl carbamates (subject to hydrolysis) is 1. The van der Waals surface area contributed by atoms with Crippen LogP contribution in [0.2, 0.25) is 0 Å². The van der Waals surface area contributed by atoms with E-state index < -0.39 is 6.09 Å². The Bertz CT molecular complexity index is 1560. The van der Waals surface area contributed by atoms with Crippen LogP contribution in [0.1, 0.15) is 66.5 Å². The molecule has 47 heavy (non-hydrogen) atoms. The van der Waals surface area contributed by atoms with Gasteiger partial charge in [-0.2, -0.15) is 0 Å². The zero-order chi connectivity index (χ0) is 32.8. The van der Waals surface area contributed by atoms with E-state index >= 15 is 0 Å². The third kappa shape index (κ3) is 7.22. The van der Waals surface area contributed by atoms with Gasteiger partial charge in [0.2, 0.25) is 0 Å². The summed E-state index contributed by atoms with van der Waals surface area (Å²) in [6.07, 6.45) is 5.89. The summed E-state index contributed by atoms with van der Waals surface area (Å²) >= 11 is 0. The molecule has 4 atom stereocenters. The number of hydrogen-bond donors (Lipinski definition) is 2. The van der Waals surface area contributed by atoms with Crippen LogP contribution in [-0.2, 0) is 14.3 Å². The van der Waals surface area contributed by atoms with Crippen LogP contribution in [0, 0.1) is 0 Å². The highest BCUT2D eigenvalue weighted by molar-refractivity contribution is 5.98. The molecular formula is C35H43N5O7. The second-order valence-corrected chi connectivity index (χ2v) is 12.3. The van der Waals surface area contributed by atoms with Crippen molar-refractivity contribution >= 4 is 18.0 Å². The molecule has 3 aliphatic rings. The van der Waals surface area contributed by atoms with Crippen LogP contribution in [0.25, 0.3) is 11.3 Å². The summed E-state index contributed by atoms with van der Waals surface area (Å²) in [5, 5.41) is 6.44. The van der Waals surface area contributed by atoms with Gasteiger partial charge in [0.1, 0.15) is 11.5 Å². The van der Waals surface area contributed by atoms with Gasteiger partial charge in [0.15, 0.2) is 5.69 Å². The maximum Gasteiger partial charge on any atom is 0.407 e. The van der Waals surface area contributed by atoms with Gasteiger partial charge in [-0.05, 0) is 18.9 Å². The summed E-state index contributed by atoms with van der Waals surface area (Å²) in [6, 6.07) is 15.3. The lowest BCUT2D eigenvalue weighted by atomic mass is 9.89. The Hall–Kier alpha value is -4.58. The van der Waals surface area contributed by atoms with Crippen molar-refractivity contribution in [2.45, 2.75) is 62.6 Å². The molecule has 2 aromatic carbocycles. The fourth-order valence-electron chi connectivity index (χ4n) is 7.01. The van der Waals surface area contributed by atoms with Crippen molar-refractivity contribution in [3.05, 3.63) is 66.1 Å². The zero-order valence-corrected chi connectivity index (χ0v) is 27.0. The molecule has 6 rings (SSSR count). The smallest absolute Gasteiger partial charge is 0.407 e. The van der Waals surface area contributed by atoms with Gasteiger partial charge >= 0.3 is 12.1 Å². The summed E-state index contributed by atoms with van der Waals surface area (Å²) in [6.45, 7) is 2.72. The molecule has 0 radical (unpaired) electrons. The number of rotatable bonds is 10. The van der Waals surface area contributed by atoms with Crippen molar-refractivity contribution in [3.63, 3.8) is 0 Å². The van der Waals surface area contributed by atoms with Gasteiger partial charge in [0, 0.05) is 55.2 Å². The number of aromatic nitrogens is 2. The van der Waals surface area contributed by atoms with Crippen LogP contribution >= 0.6 is 0 Å². The maximum atomic E-state index is 14.3. The van der Waals surface area contributed by atoms with Crippen LogP contribution in [0.15, 0.2) is 54.9 Å². The summed E-state index contributed by atoms with van der Waals surface area (Å²) in [5.41, 5.74) is 3.05. The molecule has 1 aliphatic carbocycles. The molecule has 2 fully saturated rings. The second-order valence-electron chi connectivity index (χ2n) is 12.3. The summed E-state index contributed by atoms with van der Waals surface area (Å²) in [7, 11) is 2.76. The Labute approximate surface area is 274 Å². The average molecular weight is 646 g/mol. The third-order valence-electron chi connectivity index (χ3n) is 9.46. The first-order valence-electron chi connectivity index (χ1n) is 16.4. The molecule has 1 unspecified atom stereocenters. The fourth-order valence-corrected chi connectivity index (χ4v) is 7.01. The highest BCUT2D eigenvalue weighted by atomic mass is 16.5. The van der Waals surface area contributed by atoms with E-state index in [1.54, 1.807) is 6.33 Å². The topological polar surface area (TPSA) is 133 Å². The molecule has 2 aliphatic heterocycles. The molecule has 2 N–H and O–H groups in total. The van der Waals surface area contributed by atoms with Gasteiger partial charge in [0.05, 0.1) is 58.0 Å². The number of carbonyl (C=O) groups is 3. The van der Waals surface area contributed by atoms with Gasteiger partial charge in [-0.25, -0.2) is 9.78 Å². The van der Waals surface area contributed by atoms with E-state index in [1.807, 2.05) is 53.4 Å². The molecule has 2 amide bonds. The third-order valence-corrected chi connectivity index (χ3v) is 9.46. The van der Waals surface area contributed by atoms with E-state index in [-0.39, 0.29) is 42.3 Å². The van der Waals surface area contributed by atoms with Crippen LogP contribution in [-0.4, -0.2) is 91.6 Å². The summed E-state index contributed by atoms with van der Waals surface area (Å²) in [4.78, 5) is 44.9. The van der Waals surface area contributed by atoms with E-state index in [0.717, 1.165) is 48.3 Å². The Kier molecular flexibility index (Phi) is 10.3. The SMILES string of the molecule is COC(=O)CC1COc2cc(OCC[C@@H]3CNCCN3C(=O)c3ncn([C@H]4CCCC[C@@H]4NC(=O)OC)c3-c3ccccc3)ccc21. The lowest BCUT2D eigenvalue weighted by molar-refractivity contribution is -0.141. The van der Waals surface area contributed by atoms with Crippen molar-refractivity contribution in [3.8, 4) is 22.8 Å². The molecule has 3 heterocycles. The van der Waals surface area contributed by atoms with E-state index in [4.69, 9.17) is 23.9 Å². The average Bonchev–Trinajstić information content (AvgIpc) is 3.73. The number of ether oxygens (including phenoxy) is 4.